The number of likely N-dealkylation sites (tertiary alicyclic amines) is 1. The van der Waals surface area contributed by atoms with Crippen molar-refractivity contribution in [3.05, 3.63) is 42.1 Å². The summed E-state index contributed by atoms with van der Waals surface area (Å²) >= 11 is 0. The standard InChI is InChI=1S/C21H21N3O2/c22-12-17(19-10-9-14-4-1-2-6-18(14)23-19)20(25)16-5-3-11-24(13-16)21(26)15-7-8-15/h1-2,4,6,9-10,15-17H,3,5,7-8,11,13H2/t16-,17+/m0/s1. The Labute approximate surface area is 152 Å². The van der Waals surface area contributed by atoms with Gasteiger partial charge in [-0.2, -0.15) is 5.26 Å². The number of amides is 1. The number of rotatable bonds is 4. The second-order valence-electron chi connectivity index (χ2n) is 7.29. The van der Waals surface area contributed by atoms with Crippen LogP contribution in [0, 0.1) is 23.2 Å². The molecule has 26 heavy (non-hydrogen) atoms. The normalized spacial score (nSPS) is 21.2. The van der Waals surface area contributed by atoms with E-state index in [0.29, 0.717) is 12.2 Å². The molecular weight excluding hydrogens is 326 g/mol. The minimum atomic E-state index is -0.874. The number of piperidine rings is 1. The van der Waals surface area contributed by atoms with Crippen molar-refractivity contribution in [2.75, 3.05) is 13.1 Å². The number of fused-ring (bicyclic) bond motifs is 1. The number of carbonyl (C=O) groups excluding carboxylic acids is 2. The van der Waals surface area contributed by atoms with Crippen molar-refractivity contribution in [2.24, 2.45) is 11.8 Å². The summed E-state index contributed by atoms with van der Waals surface area (Å²) in [4.78, 5) is 31.7. The van der Waals surface area contributed by atoms with Crippen LogP contribution in [0.25, 0.3) is 10.9 Å². The lowest BCUT2D eigenvalue weighted by atomic mass is 9.85. The average molecular weight is 347 g/mol. The van der Waals surface area contributed by atoms with Gasteiger partial charge in [0.05, 0.1) is 17.3 Å². The predicted octanol–water partition coefficient (Wildman–Crippen LogP) is 3.06. The van der Waals surface area contributed by atoms with E-state index in [4.69, 9.17) is 0 Å². The number of nitrogens with zero attached hydrogens (tertiary/aromatic N) is 3. The largest absolute Gasteiger partial charge is 0.342 e. The maximum atomic E-state index is 13.0. The van der Waals surface area contributed by atoms with Crippen LogP contribution in [-0.2, 0) is 9.59 Å². The van der Waals surface area contributed by atoms with E-state index in [0.717, 1.165) is 43.1 Å². The highest BCUT2D eigenvalue weighted by Crippen LogP contribution is 2.33. The predicted molar refractivity (Wildman–Crippen MR) is 97.1 cm³/mol. The van der Waals surface area contributed by atoms with E-state index < -0.39 is 5.92 Å². The minimum Gasteiger partial charge on any atom is -0.342 e. The summed E-state index contributed by atoms with van der Waals surface area (Å²) < 4.78 is 0. The zero-order chi connectivity index (χ0) is 18.1. The fourth-order valence-corrected chi connectivity index (χ4v) is 3.75. The molecule has 2 heterocycles. The van der Waals surface area contributed by atoms with Crippen LogP contribution in [0.5, 0.6) is 0 Å². The van der Waals surface area contributed by atoms with E-state index in [9.17, 15) is 14.9 Å². The molecule has 2 aliphatic rings. The maximum absolute atomic E-state index is 13.0. The van der Waals surface area contributed by atoms with Gasteiger partial charge in [0, 0.05) is 30.3 Å². The van der Waals surface area contributed by atoms with Gasteiger partial charge >= 0.3 is 0 Å². The maximum Gasteiger partial charge on any atom is 0.225 e. The molecule has 1 aromatic carbocycles. The number of benzene rings is 1. The van der Waals surface area contributed by atoms with E-state index in [1.165, 1.54) is 0 Å². The van der Waals surface area contributed by atoms with Crippen LogP contribution in [0.3, 0.4) is 0 Å². The zero-order valence-electron chi connectivity index (χ0n) is 14.6. The number of pyridine rings is 1. The first-order chi connectivity index (χ1) is 12.7. The first-order valence-corrected chi connectivity index (χ1v) is 9.25. The van der Waals surface area contributed by atoms with Crippen molar-refractivity contribution >= 4 is 22.6 Å². The Morgan fingerprint density at radius 2 is 1.92 bits per heavy atom. The number of para-hydroxylation sites is 1. The third-order valence-electron chi connectivity index (χ3n) is 5.39. The summed E-state index contributed by atoms with van der Waals surface area (Å²) in [7, 11) is 0. The minimum absolute atomic E-state index is 0.108. The van der Waals surface area contributed by atoms with Gasteiger partial charge < -0.3 is 4.90 Å². The van der Waals surface area contributed by atoms with Crippen LogP contribution in [0.2, 0.25) is 0 Å². The highest BCUT2D eigenvalue weighted by molar-refractivity contribution is 5.91. The Hall–Kier alpha value is -2.74. The lowest BCUT2D eigenvalue weighted by Crippen LogP contribution is -2.44. The van der Waals surface area contributed by atoms with Gasteiger partial charge in [-0.05, 0) is 37.8 Å². The summed E-state index contributed by atoms with van der Waals surface area (Å²) in [6.07, 6.45) is 3.49. The topological polar surface area (TPSA) is 74.1 Å². The van der Waals surface area contributed by atoms with Crippen molar-refractivity contribution in [3.8, 4) is 6.07 Å². The number of aromatic nitrogens is 1. The molecule has 1 aliphatic heterocycles. The molecule has 0 unspecified atom stereocenters. The molecular formula is C21H21N3O2. The first kappa shape index (κ1) is 16.7. The fraction of sp³-hybridized carbons (Fsp3) is 0.429. The number of ketones is 1. The molecule has 0 spiro atoms. The number of hydrogen-bond acceptors (Lipinski definition) is 4. The van der Waals surface area contributed by atoms with E-state index >= 15 is 0 Å². The SMILES string of the molecule is N#C[C@@H](C(=O)[C@H]1CCCN(C(=O)C2CC2)C1)c1ccc2ccccc2n1. The molecule has 4 rings (SSSR count). The van der Waals surface area contributed by atoms with Crippen LogP contribution in [-0.4, -0.2) is 34.7 Å². The third kappa shape index (κ3) is 3.20. The molecule has 5 nitrogen and oxygen atoms in total. The molecule has 132 valence electrons. The Bertz CT molecular complexity index is 898. The van der Waals surface area contributed by atoms with Crippen LogP contribution < -0.4 is 0 Å². The van der Waals surface area contributed by atoms with Crippen molar-refractivity contribution in [3.63, 3.8) is 0 Å². The lowest BCUT2D eigenvalue weighted by molar-refractivity contribution is -0.136. The molecule has 2 aromatic rings. The van der Waals surface area contributed by atoms with E-state index in [1.54, 1.807) is 6.07 Å². The van der Waals surface area contributed by atoms with Crippen LogP contribution in [0.4, 0.5) is 0 Å². The van der Waals surface area contributed by atoms with Crippen LogP contribution >= 0.6 is 0 Å². The first-order valence-electron chi connectivity index (χ1n) is 9.25. The lowest BCUT2D eigenvalue weighted by Gasteiger charge is -2.32. The molecule has 1 amide bonds. The number of nitriles is 1. The monoisotopic (exact) mass is 347 g/mol. The summed E-state index contributed by atoms with van der Waals surface area (Å²) in [5, 5.41) is 10.6. The molecule has 1 aliphatic carbocycles. The van der Waals surface area contributed by atoms with E-state index in [2.05, 4.69) is 11.1 Å². The number of carbonyl (C=O) groups is 2. The van der Waals surface area contributed by atoms with Crippen molar-refractivity contribution in [1.82, 2.24) is 9.88 Å². The quantitative estimate of drug-likeness (QED) is 0.852. The highest BCUT2D eigenvalue weighted by atomic mass is 16.2. The number of hydrogen-bond donors (Lipinski definition) is 0. The fourth-order valence-electron chi connectivity index (χ4n) is 3.75. The molecule has 2 atom stereocenters. The number of Topliss-reactive ketones (excluding diaryl/α,β-unsaturated/α-hetero) is 1. The molecule has 0 bridgehead atoms. The summed E-state index contributed by atoms with van der Waals surface area (Å²) in [6.45, 7) is 1.17. The summed E-state index contributed by atoms with van der Waals surface area (Å²) in [5.74, 6) is -0.911. The second kappa shape index (κ2) is 6.87. The van der Waals surface area contributed by atoms with Crippen LogP contribution in [0.1, 0.15) is 37.3 Å². The van der Waals surface area contributed by atoms with Crippen LogP contribution in [0.15, 0.2) is 36.4 Å². The Balaban J connectivity index is 1.54. The second-order valence-corrected chi connectivity index (χ2v) is 7.29. The van der Waals surface area contributed by atoms with Gasteiger partial charge in [-0.25, -0.2) is 0 Å². The van der Waals surface area contributed by atoms with Gasteiger partial charge in [-0.15, -0.1) is 0 Å². The Morgan fingerprint density at radius 3 is 2.69 bits per heavy atom. The van der Waals surface area contributed by atoms with Crippen molar-refractivity contribution in [1.29, 1.82) is 5.26 Å². The van der Waals surface area contributed by atoms with E-state index in [1.807, 2.05) is 35.2 Å². The van der Waals surface area contributed by atoms with Gasteiger partial charge in [0.2, 0.25) is 5.91 Å². The smallest absolute Gasteiger partial charge is 0.225 e. The molecule has 1 aromatic heterocycles. The van der Waals surface area contributed by atoms with Crippen molar-refractivity contribution < 1.29 is 9.59 Å². The Kier molecular flexibility index (Phi) is 4.42. The van der Waals surface area contributed by atoms with Gasteiger partial charge in [-0.3, -0.25) is 14.6 Å². The van der Waals surface area contributed by atoms with Crippen molar-refractivity contribution in [2.45, 2.75) is 31.6 Å². The van der Waals surface area contributed by atoms with Gasteiger partial charge in [0.15, 0.2) is 5.78 Å². The highest BCUT2D eigenvalue weighted by Gasteiger charge is 2.38. The Morgan fingerprint density at radius 1 is 1.12 bits per heavy atom. The molecule has 1 saturated heterocycles. The zero-order valence-corrected chi connectivity index (χ0v) is 14.6. The van der Waals surface area contributed by atoms with Gasteiger partial charge in [-0.1, -0.05) is 24.3 Å². The molecule has 1 saturated carbocycles. The average Bonchev–Trinajstić information content (AvgIpc) is 3.53. The molecule has 2 fully saturated rings. The molecule has 5 heteroatoms. The summed E-state index contributed by atoms with van der Waals surface area (Å²) in [6, 6.07) is 13.5. The van der Waals surface area contributed by atoms with Gasteiger partial charge in [0.1, 0.15) is 5.92 Å². The molecule has 0 radical (unpaired) electrons. The molecule has 0 N–H and O–H groups in total. The third-order valence-corrected chi connectivity index (χ3v) is 5.39. The summed E-state index contributed by atoms with van der Waals surface area (Å²) in [5.41, 5.74) is 1.29. The van der Waals surface area contributed by atoms with E-state index in [-0.39, 0.29) is 23.5 Å². The van der Waals surface area contributed by atoms with Gasteiger partial charge in [0.25, 0.3) is 0 Å².